The van der Waals surface area contributed by atoms with E-state index in [4.69, 9.17) is 4.74 Å². The van der Waals surface area contributed by atoms with Crippen molar-refractivity contribution in [2.45, 2.75) is 38.6 Å². The summed E-state index contributed by atoms with van der Waals surface area (Å²) in [5, 5.41) is 2.70. The monoisotopic (exact) mass is 390 g/mol. The minimum absolute atomic E-state index is 0.125. The molecule has 6 nitrogen and oxygen atoms in total. The molecule has 0 aliphatic carbocycles. The molecule has 1 N–H and O–H groups in total. The van der Waals surface area contributed by atoms with Crippen LogP contribution in [0.15, 0.2) is 47.4 Å². The van der Waals surface area contributed by atoms with E-state index in [1.807, 2.05) is 45.9 Å². The van der Waals surface area contributed by atoms with Gasteiger partial charge in [0.15, 0.2) is 6.61 Å². The Morgan fingerprint density at radius 2 is 1.74 bits per heavy atom. The van der Waals surface area contributed by atoms with Crippen molar-refractivity contribution < 1.29 is 17.9 Å². The largest absolute Gasteiger partial charge is 0.483 e. The van der Waals surface area contributed by atoms with Gasteiger partial charge in [0.2, 0.25) is 10.0 Å². The van der Waals surface area contributed by atoms with Crippen LogP contribution in [0.4, 0.5) is 5.69 Å². The maximum atomic E-state index is 12.4. The minimum Gasteiger partial charge on any atom is -0.483 e. The molecule has 0 heterocycles. The van der Waals surface area contributed by atoms with Crippen LogP contribution in [0.2, 0.25) is 0 Å². The molecule has 2 aromatic carbocycles. The molecule has 0 aliphatic rings. The summed E-state index contributed by atoms with van der Waals surface area (Å²) in [5.41, 5.74) is 2.60. The first-order chi connectivity index (χ1) is 12.6. The molecule has 0 fully saturated rings. The van der Waals surface area contributed by atoms with Gasteiger partial charge in [0, 0.05) is 18.8 Å². The van der Waals surface area contributed by atoms with Crippen LogP contribution in [-0.2, 0) is 14.8 Å². The molecule has 0 bridgehead atoms. The number of anilines is 1. The number of ether oxygens (including phenoxy) is 1. The lowest BCUT2D eigenvalue weighted by atomic mass is 10.1. The fraction of sp³-hybridized carbons (Fsp3) is 0.350. The van der Waals surface area contributed by atoms with E-state index in [0.29, 0.717) is 11.4 Å². The highest BCUT2D eigenvalue weighted by atomic mass is 32.2. The number of hydrogen-bond acceptors (Lipinski definition) is 4. The highest BCUT2D eigenvalue weighted by molar-refractivity contribution is 7.89. The smallest absolute Gasteiger partial charge is 0.262 e. The quantitative estimate of drug-likeness (QED) is 0.787. The first-order valence-electron chi connectivity index (χ1n) is 8.70. The highest BCUT2D eigenvalue weighted by Crippen LogP contribution is 2.21. The van der Waals surface area contributed by atoms with Crippen LogP contribution in [0.5, 0.6) is 5.75 Å². The summed E-state index contributed by atoms with van der Waals surface area (Å²) in [6.07, 6.45) is 0. The molecule has 0 aliphatic heterocycles. The predicted octanol–water partition coefficient (Wildman–Crippen LogP) is 3.35. The van der Waals surface area contributed by atoms with Crippen molar-refractivity contribution >= 4 is 21.6 Å². The van der Waals surface area contributed by atoms with Gasteiger partial charge < -0.3 is 10.1 Å². The zero-order valence-electron chi connectivity index (χ0n) is 16.3. The van der Waals surface area contributed by atoms with Crippen LogP contribution in [0.3, 0.4) is 0 Å². The number of nitrogens with one attached hydrogen (secondary N) is 1. The number of benzene rings is 2. The number of carbonyl (C=O) groups excluding carboxylic acids is 1. The summed E-state index contributed by atoms with van der Waals surface area (Å²) in [6.45, 7) is 7.41. The van der Waals surface area contributed by atoms with E-state index >= 15 is 0 Å². The zero-order valence-corrected chi connectivity index (χ0v) is 17.1. The molecule has 7 heteroatoms. The summed E-state index contributed by atoms with van der Waals surface area (Å²) in [6, 6.07) is 11.6. The van der Waals surface area contributed by atoms with Crippen molar-refractivity contribution in [2.24, 2.45) is 0 Å². The Morgan fingerprint density at radius 1 is 1.11 bits per heavy atom. The van der Waals surface area contributed by atoms with Crippen molar-refractivity contribution in [2.75, 3.05) is 19.0 Å². The Bertz CT molecular complexity index is 906. The van der Waals surface area contributed by atoms with Gasteiger partial charge >= 0.3 is 0 Å². The average Bonchev–Trinajstić information content (AvgIpc) is 2.62. The van der Waals surface area contributed by atoms with Gasteiger partial charge in [-0.15, -0.1) is 0 Å². The topological polar surface area (TPSA) is 75.7 Å². The summed E-state index contributed by atoms with van der Waals surface area (Å²) in [5.74, 6) is 0.356. The molecule has 0 radical (unpaired) electrons. The van der Waals surface area contributed by atoms with Crippen molar-refractivity contribution in [3.8, 4) is 5.75 Å². The van der Waals surface area contributed by atoms with E-state index in [1.54, 1.807) is 19.2 Å². The van der Waals surface area contributed by atoms with E-state index < -0.39 is 10.0 Å². The lowest BCUT2D eigenvalue weighted by molar-refractivity contribution is -0.118. The minimum atomic E-state index is -3.54. The predicted molar refractivity (Wildman–Crippen MR) is 107 cm³/mol. The zero-order chi connectivity index (χ0) is 20.2. The van der Waals surface area contributed by atoms with Gasteiger partial charge in [0.25, 0.3) is 5.91 Å². The average molecular weight is 391 g/mol. The molecule has 2 aromatic rings. The van der Waals surface area contributed by atoms with Crippen molar-refractivity contribution in [1.29, 1.82) is 0 Å². The fourth-order valence-electron chi connectivity index (χ4n) is 2.37. The third-order valence-electron chi connectivity index (χ3n) is 4.46. The van der Waals surface area contributed by atoms with Crippen LogP contribution in [0.1, 0.15) is 25.0 Å². The van der Waals surface area contributed by atoms with Gasteiger partial charge in [-0.2, -0.15) is 4.31 Å². The number of amides is 1. The van der Waals surface area contributed by atoms with Crippen LogP contribution < -0.4 is 10.1 Å². The van der Waals surface area contributed by atoms with E-state index in [-0.39, 0.29) is 23.5 Å². The SMILES string of the molecule is Cc1cccc(OCC(=O)Nc2ccc(S(=O)(=O)N(C)C(C)C)cc2)c1C. The molecule has 0 spiro atoms. The lowest BCUT2D eigenvalue weighted by Gasteiger charge is -2.21. The number of aryl methyl sites for hydroxylation is 1. The molecule has 0 saturated carbocycles. The Morgan fingerprint density at radius 3 is 2.33 bits per heavy atom. The number of hydrogen-bond donors (Lipinski definition) is 1. The molecule has 0 atom stereocenters. The van der Waals surface area contributed by atoms with E-state index in [2.05, 4.69) is 5.32 Å². The van der Waals surface area contributed by atoms with E-state index in [9.17, 15) is 13.2 Å². The molecular weight excluding hydrogens is 364 g/mol. The molecule has 146 valence electrons. The Labute approximate surface area is 161 Å². The van der Waals surface area contributed by atoms with Gasteiger partial charge in [0.05, 0.1) is 4.90 Å². The summed E-state index contributed by atoms with van der Waals surface area (Å²) >= 11 is 0. The third-order valence-corrected chi connectivity index (χ3v) is 6.50. The Kier molecular flexibility index (Phi) is 6.62. The normalized spacial score (nSPS) is 11.7. The number of carbonyl (C=O) groups is 1. The van der Waals surface area contributed by atoms with Crippen molar-refractivity contribution in [1.82, 2.24) is 4.31 Å². The maximum Gasteiger partial charge on any atom is 0.262 e. The molecular formula is C20H26N2O4S. The van der Waals surface area contributed by atoms with E-state index in [0.717, 1.165) is 11.1 Å². The van der Waals surface area contributed by atoms with Crippen LogP contribution in [0, 0.1) is 13.8 Å². The second kappa shape index (κ2) is 8.54. The van der Waals surface area contributed by atoms with Crippen molar-refractivity contribution in [3.63, 3.8) is 0 Å². The first kappa shape index (κ1) is 20.9. The number of sulfonamides is 1. The van der Waals surface area contributed by atoms with Gasteiger partial charge in [0.1, 0.15) is 5.75 Å². The Hall–Kier alpha value is -2.38. The van der Waals surface area contributed by atoms with Crippen molar-refractivity contribution in [3.05, 3.63) is 53.6 Å². The van der Waals surface area contributed by atoms with Gasteiger partial charge in [-0.1, -0.05) is 12.1 Å². The molecule has 27 heavy (non-hydrogen) atoms. The summed E-state index contributed by atoms with van der Waals surface area (Å²) < 4.78 is 31.8. The molecule has 2 rings (SSSR count). The molecule has 1 amide bonds. The van der Waals surface area contributed by atoms with Gasteiger partial charge in [-0.3, -0.25) is 4.79 Å². The highest BCUT2D eigenvalue weighted by Gasteiger charge is 2.22. The third kappa shape index (κ3) is 5.08. The van der Waals surface area contributed by atoms with Crippen LogP contribution in [-0.4, -0.2) is 38.3 Å². The summed E-state index contributed by atoms with van der Waals surface area (Å²) in [4.78, 5) is 12.3. The van der Waals surface area contributed by atoms with Crippen LogP contribution in [0.25, 0.3) is 0 Å². The van der Waals surface area contributed by atoms with Crippen LogP contribution >= 0.6 is 0 Å². The van der Waals surface area contributed by atoms with Gasteiger partial charge in [-0.05, 0) is 69.2 Å². The second-order valence-electron chi connectivity index (χ2n) is 6.67. The van der Waals surface area contributed by atoms with E-state index in [1.165, 1.54) is 16.4 Å². The first-order valence-corrected chi connectivity index (χ1v) is 10.1. The lowest BCUT2D eigenvalue weighted by Crippen LogP contribution is -2.33. The molecule has 0 saturated heterocycles. The summed E-state index contributed by atoms with van der Waals surface area (Å²) in [7, 11) is -2.00. The fourth-order valence-corrected chi connectivity index (χ4v) is 3.74. The molecule has 0 unspecified atom stereocenters. The second-order valence-corrected chi connectivity index (χ2v) is 8.67. The van der Waals surface area contributed by atoms with Gasteiger partial charge in [-0.25, -0.2) is 8.42 Å². The Balaban J connectivity index is 2.00. The number of nitrogens with zero attached hydrogens (tertiary/aromatic N) is 1. The standard InChI is InChI=1S/C20H26N2O4S/c1-14(2)22(5)27(24,25)18-11-9-17(10-12-18)21-20(23)13-26-19-8-6-7-15(3)16(19)4/h6-12,14H,13H2,1-5H3,(H,21,23). The molecule has 0 aromatic heterocycles. The maximum absolute atomic E-state index is 12.4. The number of rotatable bonds is 7.